The summed E-state index contributed by atoms with van der Waals surface area (Å²) in [7, 11) is 0. The number of nitrogens with one attached hydrogen (secondary N) is 1. The molecule has 1 aromatic carbocycles. The molecule has 0 saturated carbocycles. The first-order valence-corrected chi connectivity index (χ1v) is 7.50. The average Bonchev–Trinajstić information content (AvgIpc) is 3.28. The van der Waals surface area contributed by atoms with Crippen LogP contribution in [0.15, 0.2) is 42.7 Å². The molecule has 0 spiro atoms. The molecule has 0 aliphatic carbocycles. The Kier molecular flexibility index (Phi) is 3.44. The van der Waals surface area contributed by atoms with Crippen LogP contribution < -0.4 is 0 Å². The lowest BCUT2D eigenvalue weighted by molar-refractivity contribution is 0.0836. The summed E-state index contributed by atoms with van der Waals surface area (Å²) < 4.78 is 7.22. The average molecular weight is 295 g/mol. The fourth-order valence-corrected chi connectivity index (χ4v) is 2.74. The van der Waals surface area contributed by atoms with Crippen molar-refractivity contribution in [1.29, 1.82) is 0 Å². The van der Waals surface area contributed by atoms with Gasteiger partial charge in [0.25, 0.3) is 0 Å². The minimum absolute atomic E-state index is 0.429. The van der Waals surface area contributed by atoms with Gasteiger partial charge in [-0.05, 0) is 43.2 Å². The van der Waals surface area contributed by atoms with Gasteiger partial charge in [0, 0.05) is 37.1 Å². The highest BCUT2D eigenvalue weighted by atomic mass is 16.5. The third kappa shape index (κ3) is 2.53. The van der Waals surface area contributed by atoms with Crippen LogP contribution in [0.4, 0.5) is 0 Å². The highest BCUT2D eigenvalue weighted by molar-refractivity contribution is 5.56. The van der Waals surface area contributed by atoms with Gasteiger partial charge >= 0.3 is 0 Å². The molecule has 6 nitrogen and oxygen atoms in total. The predicted octanol–water partition coefficient (Wildman–Crippen LogP) is 2.55. The van der Waals surface area contributed by atoms with E-state index in [9.17, 15) is 0 Å². The highest BCUT2D eigenvalue weighted by Crippen LogP contribution is 2.26. The Morgan fingerprint density at radius 2 is 1.95 bits per heavy atom. The highest BCUT2D eigenvalue weighted by Gasteiger charge is 2.19. The number of nitrogens with zero attached hydrogens (tertiary/aromatic N) is 4. The molecule has 1 aliphatic rings. The largest absolute Gasteiger partial charge is 0.381 e. The summed E-state index contributed by atoms with van der Waals surface area (Å²) in [5.41, 5.74) is 2.03. The Hall–Kier alpha value is -2.47. The Balaban J connectivity index is 1.55. The van der Waals surface area contributed by atoms with Crippen LogP contribution in [-0.2, 0) is 4.74 Å². The molecule has 4 rings (SSSR count). The van der Waals surface area contributed by atoms with Crippen molar-refractivity contribution in [3.8, 4) is 17.1 Å². The quantitative estimate of drug-likeness (QED) is 0.806. The van der Waals surface area contributed by atoms with Crippen molar-refractivity contribution < 1.29 is 4.74 Å². The first kappa shape index (κ1) is 13.2. The van der Waals surface area contributed by atoms with Crippen LogP contribution in [0.5, 0.6) is 0 Å². The predicted molar refractivity (Wildman–Crippen MR) is 81.7 cm³/mol. The number of rotatable bonds is 3. The summed E-state index contributed by atoms with van der Waals surface area (Å²) in [5.74, 6) is 2.14. The summed E-state index contributed by atoms with van der Waals surface area (Å²) in [6.45, 7) is 1.61. The lowest BCUT2D eigenvalue weighted by Crippen LogP contribution is -2.15. The van der Waals surface area contributed by atoms with Gasteiger partial charge in [-0.25, -0.2) is 9.67 Å². The number of hydrogen-bond donors (Lipinski definition) is 1. The molecule has 0 bridgehead atoms. The first-order valence-electron chi connectivity index (χ1n) is 7.50. The third-order valence-electron chi connectivity index (χ3n) is 4.01. The Labute approximate surface area is 128 Å². The molecule has 1 N–H and O–H groups in total. The van der Waals surface area contributed by atoms with Gasteiger partial charge in [-0.1, -0.05) is 0 Å². The monoisotopic (exact) mass is 295 g/mol. The molecule has 0 unspecified atom stereocenters. The van der Waals surface area contributed by atoms with Crippen LogP contribution >= 0.6 is 0 Å². The number of H-pyrrole nitrogens is 1. The Bertz CT molecular complexity index is 726. The molecule has 112 valence electrons. The number of aromatic nitrogens is 5. The van der Waals surface area contributed by atoms with Crippen molar-refractivity contribution in [2.75, 3.05) is 13.2 Å². The fourth-order valence-electron chi connectivity index (χ4n) is 2.74. The van der Waals surface area contributed by atoms with Gasteiger partial charge in [0.2, 0.25) is 0 Å². The Morgan fingerprint density at radius 1 is 1.14 bits per heavy atom. The van der Waals surface area contributed by atoms with Crippen LogP contribution in [0.1, 0.15) is 24.6 Å². The van der Waals surface area contributed by atoms with Crippen LogP contribution in [0.3, 0.4) is 0 Å². The maximum absolute atomic E-state index is 5.39. The zero-order chi connectivity index (χ0) is 14.8. The first-order chi connectivity index (χ1) is 10.9. The van der Waals surface area contributed by atoms with Crippen molar-refractivity contribution in [2.24, 2.45) is 0 Å². The summed E-state index contributed by atoms with van der Waals surface area (Å²) >= 11 is 0. The maximum atomic E-state index is 5.39. The lowest BCUT2D eigenvalue weighted by Gasteiger charge is -2.19. The molecule has 0 atom stereocenters. The molecule has 3 heterocycles. The van der Waals surface area contributed by atoms with Crippen molar-refractivity contribution in [3.63, 3.8) is 0 Å². The second kappa shape index (κ2) is 5.73. The molecule has 3 aromatic rings. The van der Waals surface area contributed by atoms with Gasteiger partial charge in [-0.3, -0.25) is 5.10 Å². The van der Waals surface area contributed by atoms with Gasteiger partial charge in [-0.2, -0.15) is 10.2 Å². The van der Waals surface area contributed by atoms with E-state index in [1.165, 1.54) is 0 Å². The van der Waals surface area contributed by atoms with Gasteiger partial charge in [0.1, 0.15) is 5.82 Å². The number of ether oxygens (including phenoxy) is 1. The molecule has 1 fully saturated rings. The van der Waals surface area contributed by atoms with E-state index in [0.29, 0.717) is 5.92 Å². The fraction of sp³-hybridized carbons (Fsp3) is 0.312. The Morgan fingerprint density at radius 3 is 2.68 bits per heavy atom. The van der Waals surface area contributed by atoms with Crippen molar-refractivity contribution >= 4 is 0 Å². The molecule has 22 heavy (non-hydrogen) atoms. The van der Waals surface area contributed by atoms with E-state index in [1.54, 1.807) is 6.20 Å². The molecule has 0 radical (unpaired) electrons. The second-order valence-corrected chi connectivity index (χ2v) is 5.43. The maximum Gasteiger partial charge on any atom is 0.181 e. The summed E-state index contributed by atoms with van der Waals surface area (Å²) in [4.78, 5) is 4.65. The van der Waals surface area contributed by atoms with Crippen molar-refractivity contribution in [3.05, 3.63) is 48.5 Å². The number of hydrogen-bond acceptors (Lipinski definition) is 4. The van der Waals surface area contributed by atoms with E-state index in [1.807, 2.05) is 41.2 Å². The minimum Gasteiger partial charge on any atom is -0.381 e. The second-order valence-electron chi connectivity index (χ2n) is 5.43. The molecule has 0 amide bonds. The molecule has 1 saturated heterocycles. The van der Waals surface area contributed by atoms with Crippen LogP contribution in [0, 0.1) is 0 Å². The third-order valence-corrected chi connectivity index (χ3v) is 4.01. The molecular formula is C16H17N5O. The normalized spacial score (nSPS) is 16.0. The van der Waals surface area contributed by atoms with E-state index in [4.69, 9.17) is 4.74 Å². The van der Waals surface area contributed by atoms with E-state index >= 15 is 0 Å². The lowest BCUT2D eigenvalue weighted by atomic mass is 10.00. The van der Waals surface area contributed by atoms with Crippen molar-refractivity contribution in [2.45, 2.75) is 18.8 Å². The van der Waals surface area contributed by atoms with Gasteiger partial charge in [0.05, 0.1) is 5.69 Å². The van der Waals surface area contributed by atoms with Gasteiger partial charge in [0.15, 0.2) is 5.82 Å². The zero-order valence-corrected chi connectivity index (χ0v) is 12.1. The summed E-state index contributed by atoms with van der Waals surface area (Å²) in [6.07, 6.45) is 5.70. The summed E-state index contributed by atoms with van der Waals surface area (Å²) in [6, 6.07) is 9.99. The zero-order valence-electron chi connectivity index (χ0n) is 12.1. The minimum atomic E-state index is 0.429. The standard InChI is InChI=1S/C16H17N5O/c1-8-17-21(9-1)14-4-2-12(3-5-14)15-18-16(20-19-15)13-6-10-22-11-7-13/h1-5,8-9,13H,6-7,10-11H2,(H,18,19,20). The van der Waals surface area contributed by atoms with E-state index in [0.717, 1.165) is 49.0 Å². The number of aromatic amines is 1. The van der Waals surface area contributed by atoms with Gasteiger partial charge < -0.3 is 4.74 Å². The van der Waals surface area contributed by atoms with Crippen molar-refractivity contribution in [1.82, 2.24) is 25.0 Å². The SMILES string of the molecule is c1cnn(-c2ccc(-c3n[nH]c(C4CCOCC4)n3)cc2)c1. The topological polar surface area (TPSA) is 68.6 Å². The molecule has 2 aromatic heterocycles. The van der Waals surface area contributed by atoms with E-state index in [2.05, 4.69) is 20.3 Å². The van der Waals surface area contributed by atoms with Crippen LogP contribution in [0.2, 0.25) is 0 Å². The van der Waals surface area contributed by atoms with Crippen LogP contribution in [-0.4, -0.2) is 38.2 Å². The van der Waals surface area contributed by atoms with E-state index < -0.39 is 0 Å². The van der Waals surface area contributed by atoms with Crippen LogP contribution in [0.25, 0.3) is 17.1 Å². The number of benzene rings is 1. The molecule has 6 heteroatoms. The molecule has 1 aliphatic heterocycles. The summed E-state index contributed by atoms with van der Waals surface area (Å²) in [5, 5.41) is 11.7. The smallest absolute Gasteiger partial charge is 0.181 e. The van der Waals surface area contributed by atoms with Gasteiger partial charge in [-0.15, -0.1) is 0 Å². The van der Waals surface area contributed by atoms with E-state index in [-0.39, 0.29) is 0 Å². The molecular weight excluding hydrogens is 278 g/mol.